The zero-order valence-electron chi connectivity index (χ0n) is 9.20. The van der Waals surface area contributed by atoms with Crippen LogP contribution >= 0.6 is 39.7 Å². The van der Waals surface area contributed by atoms with Crippen molar-refractivity contribution in [3.05, 3.63) is 38.3 Å². The molecule has 0 amide bonds. The Balaban J connectivity index is 2.63. The monoisotopic (exact) mass is 331 g/mol. The molecule has 0 saturated heterocycles. The number of rotatable bonds is 3. The van der Waals surface area contributed by atoms with E-state index < -0.39 is 0 Å². The lowest BCUT2D eigenvalue weighted by Gasteiger charge is -2.09. The predicted molar refractivity (Wildman–Crippen MR) is 75.5 cm³/mol. The SMILES string of the molecule is CCCc1n[nH]c(=S)n1-c1cccc(Cl)c1Br. The maximum Gasteiger partial charge on any atom is 0.199 e. The zero-order valence-corrected chi connectivity index (χ0v) is 12.4. The number of benzene rings is 1. The minimum absolute atomic E-state index is 0.580. The molecule has 2 rings (SSSR count). The second kappa shape index (κ2) is 5.33. The molecule has 0 unspecified atom stereocenters. The third-order valence-corrected chi connectivity index (χ3v) is 4.04. The van der Waals surface area contributed by atoms with E-state index in [1.54, 1.807) is 0 Å². The van der Waals surface area contributed by atoms with Gasteiger partial charge in [-0.1, -0.05) is 24.6 Å². The molecule has 0 aliphatic rings. The molecule has 3 nitrogen and oxygen atoms in total. The van der Waals surface area contributed by atoms with Gasteiger partial charge < -0.3 is 0 Å². The number of aromatic amines is 1. The van der Waals surface area contributed by atoms with Gasteiger partial charge in [0.05, 0.1) is 15.2 Å². The van der Waals surface area contributed by atoms with Gasteiger partial charge in [0, 0.05) is 6.42 Å². The average molecular weight is 333 g/mol. The molecule has 0 aliphatic carbocycles. The molecular formula is C11H11BrClN3S. The number of aromatic nitrogens is 3. The topological polar surface area (TPSA) is 33.6 Å². The standard InChI is InChI=1S/C11H11BrClN3S/c1-2-4-9-14-15-11(17)16(9)8-6-3-5-7(13)10(8)12/h3,5-6H,2,4H2,1H3,(H,15,17). The first kappa shape index (κ1) is 12.8. The largest absolute Gasteiger partial charge is 0.271 e. The molecule has 17 heavy (non-hydrogen) atoms. The van der Waals surface area contributed by atoms with Gasteiger partial charge in [0.1, 0.15) is 5.82 Å². The van der Waals surface area contributed by atoms with Gasteiger partial charge >= 0.3 is 0 Å². The molecule has 0 fully saturated rings. The van der Waals surface area contributed by atoms with Crippen LogP contribution in [0.3, 0.4) is 0 Å². The molecule has 6 heteroatoms. The van der Waals surface area contributed by atoms with Crippen LogP contribution in [0.1, 0.15) is 19.2 Å². The Morgan fingerprint density at radius 2 is 2.29 bits per heavy atom. The van der Waals surface area contributed by atoms with Crippen LogP contribution in [0.25, 0.3) is 5.69 Å². The van der Waals surface area contributed by atoms with E-state index in [1.807, 2.05) is 22.8 Å². The number of aryl methyl sites for hydroxylation is 1. The summed E-state index contributed by atoms with van der Waals surface area (Å²) >= 11 is 14.8. The highest BCUT2D eigenvalue weighted by Crippen LogP contribution is 2.29. The fourth-order valence-electron chi connectivity index (χ4n) is 1.63. The molecule has 2 aromatic rings. The molecule has 0 bridgehead atoms. The molecule has 0 atom stereocenters. The van der Waals surface area contributed by atoms with Crippen LogP contribution in [0.4, 0.5) is 0 Å². The van der Waals surface area contributed by atoms with E-state index in [0.717, 1.165) is 28.8 Å². The van der Waals surface area contributed by atoms with Gasteiger partial charge in [-0.2, -0.15) is 5.10 Å². The molecule has 1 heterocycles. The lowest BCUT2D eigenvalue weighted by atomic mass is 10.3. The van der Waals surface area contributed by atoms with Crippen LogP contribution in [0, 0.1) is 4.77 Å². The summed E-state index contributed by atoms with van der Waals surface area (Å²) in [5.74, 6) is 0.917. The van der Waals surface area contributed by atoms with Gasteiger partial charge in [-0.15, -0.1) is 0 Å². The molecule has 0 aliphatic heterocycles. The lowest BCUT2D eigenvalue weighted by molar-refractivity contribution is 0.800. The second-order valence-electron chi connectivity index (χ2n) is 3.60. The summed E-state index contributed by atoms with van der Waals surface area (Å²) < 4.78 is 3.32. The number of hydrogen-bond donors (Lipinski definition) is 1. The molecule has 0 saturated carbocycles. The molecule has 0 radical (unpaired) electrons. The van der Waals surface area contributed by atoms with Crippen molar-refractivity contribution in [2.45, 2.75) is 19.8 Å². The smallest absolute Gasteiger partial charge is 0.199 e. The quantitative estimate of drug-likeness (QED) is 0.850. The van der Waals surface area contributed by atoms with E-state index in [9.17, 15) is 0 Å². The van der Waals surface area contributed by atoms with Gasteiger partial charge in [0.2, 0.25) is 0 Å². The van der Waals surface area contributed by atoms with Crippen LogP contribution in [-0.4, -0.2) is 14.8 Å². The summed E-state index contributed by atoms with van der Waals surface area (Å²) in [5.41, 5.74) is 0.916. The maximum atomic E-state index is 6.09. The van der Waals surface area contributed by atoms with Crippen molar-refractivity contribution in [1.29, 1.82) is 0 Å². The van der Waals surface area contributed by atoms with Crippen LogP contribution in [0.2, 0.25) is 5.02 Å². The summed E-state index contributed by atoms with van der Waals surface area (Å²) in [6, 6.07) is 5.69. The Bertz CT molecular complexity index is 591. The first-order valence-electron chi connectivity index (χ1n) is 5.25. The van der Waals surface area contributed by atoms with E-state index in [4.69, 9.17) is 23.8 Å². The Hall–Kier alpha value is -0.650. The minimum Gasteiger partial charge on any atom is -0.271 e. The maximum absolute atomic E-state index is 6.09. The van der Waals surface area contributed by atoms with E-state index in [2.05, 4.69) is 33.1 Å². The Kier molecular flexibility index (Phi) is 4.01. The first-order valence-corrected chi connectivity index (χ1v) is 6.83. The average Bonchev–Trinajstić information content (AvgIpc) is 2.65. The summed E-state index contributed by atoms with van der Waals surface area (Å²) in [7, 11) is 0. The molecule has 1 aromatic heterocycles. The fraction of sp³-hybridized carbons (Fsp3) is 0.273. The first-order chi connectivity index (χ1) is 8.15. The van der Waals surface area contributed by atoms with Gasteiger partial charge in [0.25, 0.3) is 0 Å². The number of hydrogen-bond acceptors (Lipinski definition) is 2. The van der Waals surface area contributed by atoms with Crippen LogP contribution < -0.4 is 0 Å². The predicted octanol–water partition coefficient (Wildman–Crippen LogP) is 4.30. The Morgan fingerprint density at radius 1 is 1.53 bits per heavy atom. The van der Waals surface area contributed by atoms with Crippen molar-refractivity contribution >= 4 is 39.7 Å². The normalized spacial score (nSPS) is 10.8. The number of H-pyrrole nitrogens is 1. The van der Waals surface area contributed by atoms with Crippen molar-refractivity contribution < 1.29 is 0 Å². The van der Waals surface area contributed by atoms with E-state index in [0.29, 0.717) is 9.79 Å². The minimum atomic E-state index is 0.580. The summed E-state index contributed by atoms with van der Waals surface area (Å²) in [6.07, 6.45) is 1.88. The van der Waals surface area contributed by atoms with E-state index >= 15 is 0 Å². The zero-order chi connectivity index (χ0) is 12.4. The van der Waals surface area contributed by atoms with Crippen molar-refractivity contribution in [2.75, 3.05) is 0 Å². The van der Waals surface area contributed by atoms with E-state index in [1.165, 1.54) is 0 Å². The van der Waals surface area contributed by atoms with Crippen LogP contribution in [-0.2, 0) is 6.42 Å². The molecular weight excluding hydrogens is 322 g/mol. The fourth-order valence-corrected chi connectivity index (χ4v) is 2.49. The lowest BCUT2D eigenvalue weighted by Crippen LogP contribution is -2.02. The number of halogens is 2. The van der Waals surface area contributed by atoms with Crippen molar-refractivity contribution in [3.63, 3.8) is 0 Å². The summed E-state index contributed by atoms with van der Waals surface area (Å²) in [6.45, 7) is 2.11. The van der Waals surface area contributed by atoms with Crippen molar-refractivity contribution in [3.8, 4) is 5.69 Å². The number of nitrogens with one attached hydrogen (secondary N) is 1. The second-order valence-corrected chi connectivity index (χ2v) is 5.19. The highest BCUT2D eigenvalue weighted by Gasteiger charge is 2.11. The third kappa shape index (κ3) is 2.46. The number of nitrogens with zero attached hydrogens (tertiary/aromatic N) is 2. The van der Waals surface area contributed by atoms with Crippen molar-refractivity contribution in [2.24, 2.45) is 0 Å². The van der Waals surface area contributed by atoms with Gasteiger partial charge in [-0.05, 0) is 46.7 Å². The third-order valence-electron chi connectivity index (χ3n) is 2.39. The molecule has 0 spiro atoms. The molecule has 90 valence electrons. The van der Waals surface area contributed by atoms with Gasteiger partial charge in [-0.3, -0.25) is 9.67 Å². The van der Waals surface area contributed by atoms with Crippen LogP contribution in [0.5, 0.6) is 0 Å². The van der Waals surface area contributed by atoms with Gasteiger partial charge in [-0.25, -0.2) is 0 Å². The van der Waals surface area contributed by atoms with E-state index in [-0.39, 0.29) is 0 Å². The summed E-state index contributed by atoms with van der Waals surface area (Å²) in [5, 5.41) is 7.71. The molecule has 1 aromatic carbocycles. The highest BCUT2D eigenvalue weighted by atomic mass is 79.9. The van der Waals surface area contributed by atoms with Gasteiger partial charge in [0.15, 0.2) is 4.77 Å². The molecule has 1 N–H and O–H groups in total. The highest BCUT2D eigenvalue weighted by molar-refractivity contribution is 9.10. The Morgan fingerprint density at radius 3 is 3.00 bits per heavy atom. The summed E-state index contributed by atoms with van der Waals surface area (Å²) in [4.78, 5) is 0. The van der Waals surface area contributed by atoms with Crippen molar-refractivity contribution in [1.82, 2.24) is 14.8 Å². The Labute approximate surface area is 118 Å². The van der Waals surface area contributed by atoms with Crippen LogP contribution in [0.15, 0.2) is 22.7 Å².